The molecule has 0 aromatic heterocycles. The van der Waals surface area contributed by atoms with Crippen molar-refractivity contribution in [2.75, 3.05) is 6.61 Å². The quantitative estimate of drug-likeness (QED) is 0.257. The van der Waals surface area contributed by atoms with Crippen LogP contribution in [0.2, 0.25) is 0 Å². The molecule has 0 saturated carbocycles. The first-order valence-electron chi connectivity index (χ1n) is 9.84. The van der Waals surface area contributed by atoms with Gasteiger partial charge >= 0.3 is 12.1 Å². The van der Waals surface area contributed by atoms with Crippen molar-refractivity contribution in [2.45, 2.75) is 51.6 Å². The third-order valence-corrected chi connectivity index (χ3v) is 4.45. The highest BCUT2D eigenvalue weighted by atomic mass is 19.4. The number of ether oxygens (including phenoxy) is 1. The summed E-state index contributed by atoms with van der Waals surface area (Å²) in [5.41, 5.74) is 1.93. The Morgan fingerprint density at radius 3 is 2.24 bits per heavy atom. The molecule has 29 heavy (non-hydrogen) atoms. The standard InChI is InChI=1S/C23H26F3NO2/c1-2-22(28)29-16-6-4-3-5-7-18-8-10-19(11-9-18)17-27-21-14-12-20(13-15-21)23(24,25)26/h8-15,17H,2-7,16H2,1H3. The third-order valence-electron chi connectivity index (χ3n) is 4.45. The van der Waals surface area contributed by atoms with Crippen molar-refractivity contribution in [3.63, 3.8) is 0 Å². The molecule has 0 bridgehead atoms. The van der Waals surface area contributed by atoms with Gasteiger partial charge < -0.3 is 4.74 Å². The minimum Gasteiger partial charge on any atom is -0.466 e. The first kappa shape index (κ1) is 22.7. The fourth-order valence-corrected chi connectivity index (χ4v) is 2.73. The van der Waals surface area contributed by atoms with Crippen molar-refractivity contribution in [1.29, 1.82) is 0 Å². The summed E-state index contributed by atoms with van der Waals surface area (Å²) >= 11 is 0. The predicted molar refractivity (Wildman–Crippen MR) is 109 cm³/mol. The normalized spacial score (nSPS) is 11.7. The maximum atomic E-state index is 12.6. The number of carbonyl (C=O) groups is 1. The van der Waals surface area contributed by atoms with E-state index in [-0.39, 0.29) is 5.97 Å². The first-order valence-corrected chi connectivity index (χ1v) is 9.84. The van der Waals surface area contributed by atoms with Crippen LogP contribution in [0.1, 0.15) is 55.7 Å². The Labute approximate surface area is 169 Å². The lowest BCUT2D eigenvalue weighted by atomic mass is 10.0. The minimum absolute atomic E-state index is 0.146. The molecule has 0 N–H and O–H groups in total. The molecule has 0 aliphatic rings. The van der Waals surface area contributed by atoms with Crippen LogP contribution < -0.4 is 0 Å². The minimum atomic E-state index is -4.33. The van der Waals surface area contributed by atoms with Crippen molar-refractivity contribution >= 4 is 17.9 Å². The van der Waals surface area contributed by atoms with E-state index in [4.69, 9.17) is 4.74 Å². The predicted octanol–water partition coefficient (Wildman–Crippen LogP) is 6.51. The number of esters is 1. The molecule has 0 heterocycles. The highest BCUT2D eigenvalue weighted by molar-refractivity contribution is 5.81. The van der Waals surface area contributed by atoms with E-state index in [9.17, 15) is 18.0 Å². The fourth-order valence-electron chi connectivity index (χ4n) is 2.73. The molecule has 2 aromatic carbocycles. The largest absolute Gasteiger partial charge is 0.466 e. The van der Waals surface area contributed by atoms with E-state index in [1.165, 1.54) is 17.7 Å². The summed E-state index contributed by atoms with van der Waals surface area (Å²) in [6.07, 6.45) is 2.79. The van der Waals surface area contributed by atoms with E-state index < -0.39 is 11.7 Å². The van der Waals surface area contributed by atoms with Gasteiger partial charge in [0.2, 0.25) is 0 Å². The van der Waals surface area contributed by atoms with Crippen LogP contribution in [0.25, 0.3) is 0 Å². The van der Waals surface area contributed by atoms with Gasteiger partial charge in [-0.3, -0.25) is 9.79 Å². The monoisotopic (exact) mass is 405 g/mol. The van der Waals surface area contributed by atoms with Crippen LogP contribution in [0, 0.1) is 0 Å². The molecular formula is C23H26F3NO2. The van der Waals surface area contributed by atoms with E-state index in [2.05, 4.69) is 4.99 Å². The molecule has 6 heteroatoms. The van der Waals surface area contributed by atoms with Crippen molar-refractivity contribution < 1.29 is 22.7 Å². The number of halogens is 3. The van der Waals surface area contributed by atoms with E-state index in [1.807, 2.05) is 24.3 Å². The number of carbonyl (C=O) groups excluding carboxylic acids is 1. The van der Waals surface area contributed by atoms with Gasteiger partial charge in [-0.15, -0.1) is 0 Å². The van der Waals surface area contributed by atoms with Gasteiger partial charge in [0.15, 0.2) is 0 Å². The molecule has 0 unspecified atom stereocenters. The Hall–Kier alpha value is -2.63. The maximum Gasteiger partial charge on any atom is 0.416 e. The van der Waals surface area contributed by atoms with E-state index in [1.54, 1.807) is 13.1 Å². The Morgan fingerprint density at radius 2 is 1.62 bits per heavy atom. The molecule has 0 spiro atoms. The van der Waals surface area contributed by atoms with Gasteiger partial charge in [-0.05, 0) is 54.7 Å². The van der Waals surface area contributed by atoms with Gasteiger partial charge in [0.05, 0.1) is 17.9 Å². The van der Waals surface area contributed by atoms with Gasteiger partial charge in [-0.1, -0.05) is 44.0 Å². The molecule has 2 rings (SSSR count). The molecular weight excluding hydrogens is 379 g/mol. The number of aliphatic imine (C=N–C) groups is 1. The number of nitrogens with zero attached hydrogens (tertiary/aromatic N) is 1. The van der Waals surface area contributed by atoms with Crippen molar-refractivity contribution in [3.05, 3.63) is 65.2 Å². The molecule has 3 nitrogen and oxygen atoms in total. The summed E-state index contributed by atoms with van der Waals surface area (Å²) in [7, 11) is 0. The van der Waals surface area contributed by atoms with Gasteiger partial charge in [-0.2, -0.15) is 13.2 Å². The molecule has 0 amide bonds. The van der Waals surface area contributed by atoms with Crippen molar-refractivity contribution in [3.8, 4) is 0 Å². The zero-order valence-corrected chi connectivity index (χ0v) is 16.5. The zero-order chi connectivity index (χ0) is 21.1. The molecule has 0 atom stereocenters. The van der Waals surface area contributed by atoms with E-state index in [0.29, 0.717) is 18.7 Å². The molecule has 0 radical (unpaired) electrons. The fraction of sp³-hybridized carbons (Fsp3) is 0.391. The van der Waals surface area contributed by atoms with Gasteiger partial charge in [0, 0.05) is 12.6 Å². The second kappa shape index (κ2) is 11.4. The number of unbranched alkanes of at least 4 members (excludes halogenated alkanes) is 3. The lowest BCUT2D eigenvalue weighted by Crippen LogP contribution is -2.03. The SMILES string of the molecule is CCC(=O)OCCCCCCc1ccc(C=Nc2ccc(C(F)(F)F)cc2)cc1. The Balaban J connectivity index is 1.71. The highest BCUT2D eigenvalue weighted by Crippen LogP contribution is 2.30. The van der Waals surface area contributed by atoms with Gasteiger partial charge in [0.25, 0.3) is 0 Å². The molecule has 0 saturated heterocycles. The summed E-state index contributed by atoms with van der Waals surface area (Å²) in [5, 5.41) is 0. The molecule has 2 aromatic rings. The van der Waals surface area contributed by atoms with Gasteiger partial charge in [-0.25, -0.2) is 0 Å². The highest BCUT2D eigenvalue weighted by Gasteiger charge is 2.29. The second-order valence-electron chi connectivity index (χ2n) is 6.78. The van der Waals surface area contributed by atoms with Crippen LogP contribution in [0.4, 0.5) is 18.9 Å². The molecule has 0 aliphatic carbocycles. The number of hydrogen-bond donors (Lipinski definition) is 0. The van der Waals surface area contributed by atoms with Crippen molar-refractivity contribution in [2.24, 2.45) is 4.99 Å². The maximum absolute atomic E-state index is 12.6. The number of benzene rings is 2. The van der Waals surface area contributed by atoms with Crippen LogP contribution in [0.3, 0.4) is 0 Å². The number of aryl methyl sites for hydroxylation is 1. The first-order chi connectivity index (χ1) is 13.9. The van der Waals surface area contributed by atoms with Crippen LogP contribution >= 0.6 is 0 Å². The summed E-state index contributed by atoms with van der Waals surface area (Å²) in [6, 6.07) is 12.8. The number of rotatable bonds is 10. The van der Waals surface area contributed by atoms with E-state index in [0.717, 1.165) is 49.8 Å². The summed E-state index contributed by atoms with van der Waals surface area (Å²) in [6.45, 7) is 2.29. The topological polar surface area (TPSA) is 38.7 Å². The van der Waals surface area contributed by atoms with Crippen molar-refractivity contribution in [1.82, 2.24) is 0 Å². The number of alkyl halides is 3. The number of hydrogen-bond acceptors (Lipinski definition) is 3. The second-order valence-corrected chi connectivity index (χ2v) is 6.78. The van der Waals surface area contributed by atoms with Crippen LogP contribution in [0.5, 0.6) is 0 Å². The van der Waals surface area contributed by atoms with E-state index >= 15 is 0 Å². The Bertz CT molecular complexity index is 781. The average Bonchev–Trinajstić information content (AvgIpc) is 2.72. The van der Waals surface area contributed by atoms with Gasteiger partial charge in [0.1, 0.15) is 0 Å². The zero-order valence-electron chi connectivity index (χ0n) is 16.5. The van der Waals surface area contributed by atoms with Crippen LogP contribution in [-0.2, 0) is 22.1 Å². The Kier molecular flexibility index (Phi) is 8.90. The average molecular weight is 405 g/mol. The third kappa shape index (κ3) is 8.50. The Morgan fingerprint density at radius 1 is 0.966 bits per heavy atom. The van der Waals surface area contributed by atoms with Crippen LogP contribution in [0.15, 0.2) is 53.5 Å². The summed E-state index contributed by atoms with van der Waals surface area (Å²) < 4.78 is 42.7. The molecule has 156 valence electrons. The lowest BCUT2D eigenvalue weighted by Gasteiger charge is -2.05. The summed E-state index contributed by atoms with van der Waals surface area (Å²) in [4.78, 5) is 15.2. The molecule has 0 aliphatic heterocycles. The van der Waals surface area contributed by atoms with Crippen LogP contribution in [-0.4, -0.2) is 18.8 Å². The lowest BCUT2D eigenvalue weighted by molar-refractivity contribution is -0.143. The summed E-state index contributed by atoms with van der Waals surface area (Å²) in [5.74, 6) is -0.146. The smallest absolute Gasteiger partial charge is 0.416 e. The molecule has 0 fully saturated rings.